The molecule has 0 aliphatic carbocycles. The van der Waals surface area contributed by atoms with E-state index in [1.54, 1.807) is 18.2 Å². The Morgan fingerprint density at radius 1 is 1.20 bits per heavy atom. The van der Waals surface area contributed by atoms with Crippen LogP contribution in [0, 0.1) is 20.8 Å². The molecular formula is C24H28O6. The highest BCUT2D eigenvalue weighted by atomic mass is 16.6. The molecule has 0 radical (unpaired) electrons. The van der Waals surface area contributed by atoms with Gasteiger partial charge in [0.25, 0.3) is 0 Å². The Hall–Kier alpha value is -3.15. The van der Waals surface area contributed by atoms with Crippen molar-refractivity contribution in [2.45, 2.75) is 46.1 Å². The van der Waals surface area contributed by atoms with Crippen LogP contribution in [0.15, 0.2) is 24.3 Å². The van der Waals surface area contributed by atoms with Crippen LogP contribution in [-0.2, 0) is 16.0 Å². The van der Waals surface area contributed by atoms with Crippen LogP contribution in [0.5, 0.6) is 23.0 Å². The number of fused-ring (bicyclic) bond motifs is 1. The Balaban J connectivity index is 1.67. The van der Waals surface area contributed by atoms with Crippen molar-refractivity contribution in [2.75, 3.05) is 13.7 Å². The molecule has 0 saturated carbocycles. The molecule has 6 heteroatoms. The number of methoxy groups -OCH3 is 1. The van der Waals surface area contributed by atoms with Gasteiger partial charge in [-0.25, -0.2) is 4.79 Å². The van der Waals surface area contributed by atoms with Crippen molar-refractivity contribution in [1.82, 2.24) is 0 Å². The second-order valence-corrected chi connectivity index (χ2v) is 7.96. The normalized spacial score (nSPS) is 18.0. The molecule has 0 aromatic heterocycles. The highest BCUT2D eigenvalue weighted by Gasteiger charge is 2.35. The molecule has 1 aliphatic heterocycles. The van der Waals surface area contributed by atoms with Crippen LogP contribution < -0.4 is 9.47 Å². The van der Waals surface area contributed by atoms with Gasteiger partial charge in [-0.3, -0.25) is 0 Å². The molecule has 3 rings (SSSR count). The second-order valence-electron chi connectivity index (χ2n) is 7.96. The fraction of sp³-hybridized carbons (Fsp3) is 0.375. The van der Waals surface area contributed by atoms with E-state index in [9.17, 15) is 15.0 Å². The lowest BCUT2D eigenvalue weighted by atomic mass is 9.87. The first kappa shape index (κ1) is 21.6. The van der Waals surface area contributed by atoms with E-state index in [0.29, 0.717) is 23.5 Å². The van der Waals surface area contributed by atoms with E-state index in [0.717, 1.165) is 34.4 Å². The van der Waals surface area contributed by atoms with Gasteiger partial charge in [-0.1, -0.05) is 6.07 Å². The summed E-state index contributed by atoms with van der Waals surface area (Å²) in [6.45, 7) is 7.74. The standard InChI is InChI=1S/C24H28O6/c1-14-15(2)23-18(16(3)22(14)27)10-11-24(4,30-23)13-29-21(26)9-7-17-6-8-19(25)20(12-17)28-5/h6-9,12,25,27H,10-11,13H2,1-5H3/b9-7+. The van der Waals surface area contributed by atoms with Gasteiger partial charge in [0.1, 0.15) is 23.7 Å². The number of carbonyl (C=O) groups excluding carboxylic acids is 1. The molecule has 2 aromatic carbocycles. The molecule has 2 N–H and O–H groups in total. The lowest BCUT2D eigenvalue weighted by molar-refractivity contribution is -0.144. The third-order valence-electron chi connectivity index (χ3n) is 5.73. The highest BCUT2D eigenvalue weighted by molar-refractivity contribution is 5.87. The van der Waals surface area contributed by atoms with Crippen molar-refractivity contribution in [1.29, 1.82) is 0 Å². The van der Waals surface area contributed by atoms with Crippen molar-refractivity contribution < 1.29 is 29.2 Å². The van der Waals surface area contributed by atoms with Crippen molar-refractivity contribution in [2.24, 2.45) is 0 Å². The largest absolute Gasteiger partial charge is 0.507 e. The van der Waals surface area contributed by atoms with E-state index in [-0.39, 0.29) is 12.4 Å². The van der Waals surface area contributed by atoms with E-state index in [1.165, 1.54) is 19.3 Å². The Kier molecular flexibility index (Phi) is 5.97. The van der Waals surface area contributed by atoms with Crippen LogP contribution in [-0.4, -0.2) is 35.5 Å². The monoisotopic (exact) mass is 412 g/mol. The maximum Gasteiger partial charge on any atom is 0.330 e. The average molecular weight is 412 g/mol. The molecule has 0 amide bonds. The average Bonchev–Trinajstić information content (AvgIpc) is 2.74. The molecule has 1 heterocycles. The van der Waals surface area contributed by atoms with Crippen molar-refractivity contribution in [3.05, 3.63) is 52.1 Å². The number of hydrogen-bond acceptors (Lipinski definition) is 6. The minimum atomic E-state index is -0.640. The van der Waals surface area contributed by atoms with Crippen LogP contribution >= 0.6 is 0 Å². The fourth-order valence-corrected chi connectivity index (χ4v) is 3.63. The van der Waals surface area contributed by atoms with Crippen molar-refractivity contribution in [3.8, 4) is 23.0 Å². The van der Waals surface area contributed by atoms with Gasteiger partial charge in [0.15, 0.2) is 11.5 Å². The van der Waals surface area contributed by atoms with Gasteiger partial charge in [0, 0.05) is 11.6 Å². The van der Waals surface area contributed by atoms with E-state index in [4.69, 9.17) is 14.2 Å². The Labute approximate surface area is 176 Å². The third-order valence-corrected chi connectivity index (χ3v) is 5.73. The maximum atomic E-state index is 12.2. The Morgan fingerprint density at radius 2 is 1.93 bits per heavy atom. The molecule has 0 fully saturated rings. The first-order chi connectivity index (χ1) is 14.1. The molecule has 30 heavy (non-hydrogen) atoms. The highest BCUT2D eigenvalue weighted by Crippen LogP contribution is 2.43. The van der Waals surface area contributed by atoms with Crippen LogP contribution in [0.2, 0.25) is 0 Å². The molecule has 0 spiro atoms. The summed E-state index contributed by atoms with van der Waals surface area (Å²) >= 11 is 0. The summed E-state index contributed by atoms with van der Waals surface area (Å²) < 4.78 is 16.8. The Bertz CT molecular complexity index is 1010. The number of phenolic OH excluding ortho intramolecular Hbond substituents is 2. The first-order valence-corrected chi connectivity index (χ1v) is 9.87. The minimum absolute atomic E-state index is 0.0361. The number of rotatable bonds is 5. The number of phenols is 2. The van der Waals surface area contributed by atoms with Gasteiger partial charge in [0.05, 0.1) is 7.11 Å². The lowest BCUT2D eigenvalue weighted by Gasteiger charge is -2.37. The quantitative estimate of drug-likeness (QED) is 0.560. The SMILES string of the molecule is COc1cc(/C=C/C(=O)OCC2(C)CCc3c(C)c(O)c(C)c(C)c3O2)ccc1O. The van der Waals surface area contributed by atoms with Crippen molar-refractivity contribution >= 4 is 12.0 Å². The summed E-state index contributed by atoms with van der Waals surface area (Å²) in [5, 5.41) is 19.9. The summed E-state index contributed by atoms with van der Waals surface area (Å²) in [4.78, 5) is 12.2. The molecule has 1 unspecified atom stereocenters. The molecule has 6 nitrogen and oxygen atoms in total. The summed E-state index contributed by atoms with van der Waals surface area (Å²) in [6, 6.07) is 4.81. The molecule has 1 aliphatic rings. The molecule has 2 aromatic rings. The molecule has 1 atom stereocenters. The van der Waals surface area contributed by atoms with Crippen LogP contribution in [0.1, 0.15) is 41.2 Å². The first-order valence-electron chi connectivity index (χ1n) is 9.87. The zero-order chi connectivity index (χ0) is 22.1. The van der Waals surface area contributed by atoms with E-state index in [1.807, 2.05) is 27.7 Å². The Morgan fingerprint density at radius 3 is 2.63 bits per heavy atom. The van der Waals surface area contributed by atoms with Gasteiger partial charge in [-0.15, -0.1) is 0 Å². The van der Waals surface area contributed by atoms with E-state index < -0.39 is 11.6 Å². The summed E-state index contributed by atoms with van der Waals surface area (Å²) in [5.41, 5.74) is 3.64. The topological polar surface area (TPSA) is 85.2 Å². The summed E-state index contributed by atoms with van der Waals surface area (Å²) in [5.74, 6) is 0.987. The van der Waals surface area contributed by atoms with Gasteiger partial charge < -0.3 is 24.4 Å². The predicted molar refractivity (Wildman–Crippen MR) is 114 cm³/mol. The fourth-order valence-electron chi connectivity index (χ4n) is 3.63. The number of esters is 1. The number of benzene rings is 2. The van der Waals surface area contributed by atoms with E-state index >= 15 is 0 Å². The van der Waals surface area contributed by atoms with Crippen LogP contribution in [0.25, 0.3) is 6.08 Å². The summed E-state index contributed by atoms with van der Waals surface area (Å²) in [6.07, 6.45) is 4.36. The second kappa shape index (κ2) is 8.30. The number of carbonyl (C=O) groups is 1. The molecule has 0 bridgehead atoms. The van der Waals surface area contributed by atoms with Gasteiger partial charge in [0.2, 0.25) is 0 Å². The zero-order valence-electron chi connectivity index (χ0n) is 18.0. The molecule has 0 saturated heterocycles. The maximum absolute atomic E-state index is 12.2. The van der Waals surface area contributed by atoms with Gasteiger partial charge in [-0.2, -0.15) is 0 Å². The number of aromatic hydroxyl groups is 2. The van der Waals surface area contributed by atoms with Gasteiger partial charge in [-0.05, 0) is 81.0 Å². The zero-order valence-corrected chi connectivity index (χ0v) is 18.0. The van der Waals surface area contributed by atoms with E-state index in [2.05, 4.69) is 0 Å². The summed E-state index contributed by atoms with van der Waals surface area (Å²) in [7, 11) is 1.46. The number of ether oxygens (including phenoxy) is 3. The van der Waals surface area contributed by atoms with Crippen LogP contribution in [0.3, 0.4) is 0 Å². The molecule has 160 valence electrons. The van der Waals surface area contributed by atoms with Gasteiger partial charge >= 0.3 is 5.97 Å². The lowest BCUT2D eigenvalue weighted by Crippen LogP contribution is -2.42. The van der Waals surface area contributed by atoms with Crippen LogP contribution in [0.4, 0.5) is 0 Å². The smallest absolute Gasteiger partial charge is 0.330 e. The predicted octanol–water partition coefficient (Wildman–Crippen LogP) is 4.37. The minimum Gasteiger partial charge on any atom is -0.507 e. The van der Waals surface area contributed by atoms with Crippen molar-refractivity contribution in [3.63, 3.8) is 0 Å². The molecular weight excluding hydrogens is 384 g/mol. The number of hydrogen-bond donors (Lipinski definition) is 2. The third kappa shape index (κ3) is 4.22.